The standard InChI is InChI=1S/C16H13BrN2S/c1-10-15(11-5-7-13(17)8-6-11)20-16(19-10)12-3-2-4-14(18)9-12/h2-9H,18H2,1H3. The van der Waals surface area contributed by atoms with Crippen LogP contribution in [0.4, 0.5) is 5.69 Å². The molecule has 0 spiro atoms. The Hall–Kier alpha value is -1.65. The maximum atomic E-state index is 5.84. The van der Waals surface area contributed by atoms with E-state index in [1.165, 1.54) is 10.4 Å². The van der Waals surface area contributed by atoms with Crippen LogP contribution in [-0.4, -0.2) is 4.98 Å². The summed E-state index contributed by atoms with van der Waals surface area (Å²) in [4.78, 5) is 5.88. The zero-order valence-electron chi connectivity index (χ0n) is 10.9. The Balaban J connectivity index is 2.05. The van der Waals surface area contributed by atoms with E-state index in [1.807, 2.05) is 31.2 Å². The highest BCUT2D eigenvalue weighted by molar-refractivity contribution is 9.10. The molecule has 0 saturated heterocycles. The monoisotopic (exact) mass is 344 g/mol. The summed E-state index contributed by atoms with van der Waals surface area (Å²) in [7, 11) is 0. The molecule has 0 aliphatic carbocycles. The van der Waals surface area contributed by atoms with Gasteiger partial charge in [-0.05, 0) is 36.8 Å². The van der Waals surface area contributed by atoms with Gasteiger partial charge in [0, 0.05) is 15.7 Å². The maximum Gasteiger partial charge on any atom is 0.124 e. The third-order valence-electron chi connectivity index (χ3n) is 3.04. The average Bonchev–Trinajstić information content (AvgIpc) is 2.82. The second kappa shape index (κ2) is 5.38. The third kappa shape index (κ3) is 2.62. The van der Waals surface area contributed by atoms with Gasteiger partial charge in [-0.25, -0.2) is 4.98 Å². The smallest absolute Gasteiger partial charge is 0.124 e. The Morgan fingerprint density at radius 3 is 2.50 bits per heavy atom. The molecule has 0 aliphatic heterocycles. The van der Waals surface area contributed by atoms with Crippen LogP contribution in [0, 0.1) is 6.92 Å². The van der Waals surface area contributed by atoms with E-state index < -0.39 is 0 Å². The summed E-state index contributed by atoms with van der Waals surface area (Å²) in [5.41, 5.74) is 9.92. The molecule has 0 fully saturated rings. The van der Waals surface area contributed by atoms with Gasteiger partial charge in [0.25, 0.3) is 0 Å². The van der Waals surface area contributed by atoms with Gasteiger partial charge in [0.1, 0.15) is 5.01 Å². The van der Waals surface area contributed by atoms with E-state index in [2.05, 4.69) is 45.2 Å². The third-order valence-corrected chi connectivity index (χ3v) is 4.82. The highest BCUT2D eigenvalue weighted by Crippen LogP contribution is 2.35. The number of nitrogens with two attached hydrogens (primary N) is 1. The SMILES string of the molecule is Cc1nc(-c2cccc(N)c2)sc1-c1ccc(Br)cc1. The fourth-order valence-corrected chi connectivity index (χ4v) is 3.39. The molecule has 2 aromatic carbocycles. The molecule has 0 bridgehead atoms. The fourth-order valence-electron chi connectivity index (χ4n) is 2.06. The van der Waals surface area contributed by atoms with Gasteiger partial charge in [0.05, 0.1) is 10.6 Å². The van der Waals surface area contributed by atoms with Crippen molar-refractivity contribution in [2.24, 2.45) is 0 Å². The molecule has 3 rings (SSSR count). The van der Waals surface area contributed by atoms with Gasteiger partial charge < -0.3 is 5.73 Å². The molecule has 0 unspecified atom stereocenters. The quantitative estimate of drug-likeness (QED) is 0.654. The molecule has 1 heterocycles. The number of hydrogen-bond acceptors (Lipinski definition) is 3. The molecular weight excluding hydrogens is 332 g/mol. The van der Waals surface area contributed by atoms with Crippen LogP contribution in [0.3, 0.4) is 0 Å². The van der Waals surface area contributed by atoms with Crippen LogP contribution in [0.1, 0.15) is 5.69 Å². The lowest BCUT2D eigenvalue weighted by Gasteiger charge is -1.98. The first-order valence-electron chi connectivity index (χ1n) is 6.23. The summed E-state index contributed by atoms with van der Waals surface area (Å²) in [5, 5.41) is 1.01. The lowest BCUT2D eigenvalue weighted by molar-refractivity contribution is 1.27. The first-order valence-corrected chi connectivity index (χ1v) is 7.84. The summed E-state index contributed by atoms with van der Waals surface area (Å²) in [6, 6.07) is 16.2. The second-order valence-corrected chi connectivity index (χ2v) is 6.48. The van der Waals surface area contributed by atoms with Crippen LogP contribution in [0.25, 0.3) is 21.0 Å². The van der Waals surface area contributed by atoms with Crippen LogP contribution in [-0.2, 0) is 0 Å². The van der Waals surface area contributed by atoms with Crippen molar-refractivity contribution in [1.29, 1.82) is 0 Å². The van der Waals surface area contributed by atoms with Gasteiger partial charge in [-0.15, -0.1) is 11.3 Å². The van der Waals surface area contributed by atoms with E-state index >= 15 is 0 Å². The van der Waals surface area contributed by atoms with Crippen molar-refractivity contribution in [3.63, 3.8) is 0 Å². The molecular formula is C16H13BrN2S. The summed E-state index contributed by atoms with van der Waals surface area (Å²) >= 11 is 5.16. The van der Waals surface area contributed by atoms with Crippen molar-refractivity contribution in [2.45, 2.75) is 6.92 Å². The number of benzene rings is 2. The molecule has 0 atom stereocenters. The molecule has 3 aromatic rings. The zero-order valence-corrected chi connectivity index (χ0v) is 13.3. The van der Waals surface area contributed by atoms with Crippen LogP contribution in [0.15, 0.2) is 53.0 Å². The maximum absolute atomic E-state index is 5.84. The number of thiazole rings is 1. The normalized spacial score (nSPS) is 10.7. The molecule has 0 aliphatic rings. The van der Waals surface area contributed by atoms with Crippen molar-refractivity contribution in [3.8, 4) is 21.0 Å². The number of aromatic nitrogens is 1. The van der Waals surface area contributed by atoms with E-state index in [0.717, 1.165) is 26.4 Å². The minimum absolute atomic E-state index is 0.764. The molecule has 2 nitrogen and oxygen atoms in total. The summed E-state index contributed by atoms with van der Waals surface area (Å²) in [6.45, 7) is 2.05. The predicted molar refractivity (Wildman–Crippen MR) is 89.8 cm³/mol. The van der Waals surface area contributed by atoms with Gasteiger partial charge >= 0.3 is 0 Å². The summed E-state index contributed by atoms with van der Waals surface area (Å²) in [5.74, 6) is 0. The first-order chi connectivity index (χ1) is 9.63. The van der Waals surface area contributed by atoms with Crippen molar-refractivity contribution in [3.05, 3.63) is 58.7 Å². The Morgan fingerprint density at radius 1 is 1.05 bits per heavy atom. The molecule has 0 radical (unpaired) electrons. The number of anilines is 1. The van der Waals surface area contributed by atoms with E-state index in [0.29, 0.717) is 0 Å². The number of aryl methyl sites for hydroxylation is 1. The van der Waals surface area contributed by atoms with Crippen molar-refractivity contribution in [2.75, 3.05) is 5.73 Å². The average molecular weight is 345 g/mol. The van der Waals surface area contributed by atoms with Crippen molar-refractivity contribution >= 4 is 33.0 Å². The summed E-state index contributed by atoms with van der Waals surface area (Å²) < 4.78 is 1.08. The van der Waals surface area contributed by atoms with Crippen LogP contribution < -0.4 is 5.73 Å². The van der Waals surface area contributed by atoms with E-state index in [1.54, 1.807) is 11.3 Å². The molecule has 2 N–H and O–H groups in total. The van der Waals surface area contributed by atoms with Gasteiger partial charge in [-0.3, -0.25) is 0 Å². The van der Waals surface area contributed by atoms with Crippen LogP contribution >= 0.6 is 27.3 Å². The molecule has 4 heteroatoms. The van der Waals surface area contributed by atoms with Crippen LogP contribution in [0.5, 0.6) is 0 Å². The number of hydrogen-bond donors (Lipinski definition) is 1. The summed E-state index contributed by atoms with van der Waals surface area (Å²) in [6.07, 6.45) is 0. The number of nitrogen functional groups attached to an aromatic ring is 1. The number of rotatable bonds is 2. The van der Waals surface area contributed by atoms with Crippen LogP contribution in [0.2, 0.25) is 0 Å². The van der Waals surface area contributed by atoms with E-state index in [4.69, 9.17) is 5.73 Å². The van der Waals surface area contributed by atoms with E-state index in [-0.39, 0.29) is 0 Å². The number of nitrogens with zero attached hydrogens (tertiary/aromatic N) is 1. The second-order valence-electron chi connectivity index (χ2n) is 4.57. The first kappa shape index (κ1) is 13.3. The predicted octanol–water partition coefficient (Wildman–Crippen LogP) is 5.13. The Bertz CT molecular complexity index is 747. The Kier molecular flexibility index (Phi) is 3.59. The molecule has 20 heavy (non-hydrogen) atoms. The minimum Gasteiger partial charge on any atom is -0.399 e. The fraction of sp³-hybridized carbons (Fsp3) is 0.0625. The van der Waals surface area contributed by atoms with Gasteiger partial charge in [0.15, 0.2) is 0 Å². The zero-order chi connectivity index (χ0) is 14.1. The Morgan fingerprint density at radius 2 is 1.80 bits per heavy atom. The highest BCUT2D eigenvalue weighted by Gasteiger charge is 2.11. The van der Waals surface area contributed by atoms with Gasteiger partial charge in [-0.2, -0.15) is 0 Å². The lowest BCUT2D eigenvalue weighted by Crippen LogP contribution is -1.84. The number of halogens is 1. The van der Waals surface area contributed by atoms with Gasteiger partial charge in [-0.1, -0.05) is 40.2 Å². The Labute approximate surface area is 130 Å². The van der Waals surface area contributed by atoms with Crippen molar-refractivity contribution < 1.29 is 0 Å². The topological polar surface area (TPSA) is 38.9 Å². The molecule has 0 saturated carbocycles. The highest BCUT2D eigenvalue weighted by atomic mass is 79.9. The molecule has 100 valence electrons. The largest absolute Gasteiger partial charge is 0.399 e. The minimum atomic E-state index is 0.764. The van der Waals surface area contributed by atoms with Gasteiger partial charge in [0.2, 0.25) is 0 Å². The van der Waals surface area contributed by atoms with Crippen molar-refractivity contribution in [1.82, 2.24) is 4.98 Å². The molecule has 1 aromatic heterocycles. The van der Waals surface area contributed by atoms with E-state index in [9.17, 15) is 0 Å². The molecule has 0 amide bonds. The lowest BCUT2D eigenvalue weighted by atomic mass is 10.2.